The molecule has 10 atom stereocenters. The van der Waals surface area contributed by atoms with Crippen molar-refractivity contribution in [3.05, 3.63) is 46.6 Å². The molecule has 0 amide bonds. The summed E-state index contributed by atoms with van der Waals surface area (Å²) in [6.07, 6.45) is -15.7. The summed E-state index contributed by atoms with van der Waals surface area (Å²) in [5.74, 6) is 0.418. The van der Waals surface area contributed by atoms with Crippen LogP contribution in [0.1, 0.15) is 0 Å². The molecule has 5 rings (SSSR count). The highest BCUT2D eigenvalue weighted by Crippen LogP contribution is 2.32. The summed E-state index contributed by atoms with van der Waals surface area (Å²) < 4.78 is 27.9. The number of aliphatic hydroxyl groups excluding tert-OH is 7. The Labute approximate surface area is 214 Å². The van der Waals surface area contributed by atoms with Crippen LogP contribution in [0.5, 0.6) is 5.75 Å². The predicted octanol–water partition coefficient (Wildman–Crippen LogP) is -2.70. The van der Waals surface area contributed by atoms with E-state index in [1.165, 1.54) is 30.3 Å². The molecule has 0 aromatic heterocycles. The molecule has 4 aliphatic rings. The van der Waals surface area contributed by atoms with Gasteiger partial charge in [-0.3, -0.25) is 4.79 Å². The van der Waals surface area contributed by atoms with Crippen LogP contribution in [0.4, 0.5) is 0 Å². The van der Waals surface area contributed by atoms with Crippen LogP contribution in [0.25, 0.3) is 22.6 Å². The van der Waals surface area contributed by atoms with Crippen LogP contribution in [-0.4, -0.2) is 115 Å². The van der Waals surface area contributed by atoms with Gasteiger partial charge in [0.15, 0.2) is 23.1 Å². The van der Waals surface area contributed by atoms with Gasteiger partial charge in [0, 0.05) is 12.1 Å². The van der Waals surface area contributed by atoms with E-state index in [0.717, 1.165) is 0 Å². The van der Waals surface area contributed by atoms with Crippen LogP contribution >= 0.6 is 0 Å². The number of rotatable bonds is 6. The highest BCUT2D eigenvalue weighted by atomic mass is 16.7. The predicted molar refractivity (Wildman–Crippen MR) is 124 cm³/mol. The first kappa shape index (κ1) is 26.8. The third kappa shape index (κ3) is 4.99. The van der Waals surface area contributed by atoms with E-state index in [2.05, 4.69) is 4.98 Å². The summed E-state index contributed by atoms with van der Waals surface area (Å²) >= 11 is 0. The molecule has 2 saturated heterocycles. The number of ether oxygens (including phenoxy) is 4. The summed E-state index contributed by atoms with van der Waals surface area (Å²) in [5, 5.41) is 70.8. The summed E-state index contributed by atoms with van der Waals surface area (Å²) in [7, 11) is 0. The first-order chi connectivity index (χ1) is 18.2. The number of nitrogens with zero attached hydrogens (tertiary/aromatic N) is 1. The number of aliphatic hydroxyl groups is 7. The van der Waals surface area contributed by atoms with Crippen molar-refractivity contribution < 1.29 is 59.1 Å². The third-order valence-electron chi connectivity index (χ3n) is 6.54. The summed E-state index contributed by atoms with van der Waals surface area (Å²) in [6.45, 7) is -1.40. The van der Waals surface area contributed by atoms with Crippen molar-refractivity contribution in [3.63, 3.8) is 0 Å². The maximum Gasteiger partial charge on any atom is 0.229 e. The summed E-state index contributed by atoms with van der Waals surface area (Å²) in [4.78, 5) is 16.1. The first-order valence-electron chi connectivity index (χ1n) is 11.8. The van der Waals surface area contributed by atoms with E-state index >= 15 is 0 Å². The SMILES string of the molecule is O=c1ccc2nc3ccc(O[C@@H]4O[C@H](CO)[C@@H](O[C@@H]5O[C@H](CO)[C@H](O)[C@H](O)[C@H]5O)[C@H](O)[C@H]4O)cc3oc-2c1. The summed E-state index contributed by atoms with van der Waals surface area (Å²) in [6, 6.07) is 8.75. The number of fused-ring (bicyclic) bond motifs is 2. The molecular weight excluding hydrogens is 510 g/mol. The van der Waals surface area contributed by atoms with Gasteiger partial charge in [0.05, 0.1) is 13.2 Å². The standard InChI is InChI=1S/C24H27NO13/c26-7-15-17(29)18(30)20(32)24(36-15)38-22-16(8-27)37-23(21(33)19(22)31)34-10-2-4-12-14(6-10)35-13-5-9(28)1-3-11(13)25-12/h1-6,15-24,26-27,29-33H,7-8H2/t15-,16-,17+,18+,19-,20-,21-,22-,23-,24+/m1/s1. The van der Waals surface area contributed by atoms with Gasteiger partial charge in [-0.05, 0) is 24.3 Å². The molecule has 0 unspecified atom stereocenters. The van der Waals surface area contributed by atoms with Crippen molar-refractivity contribution in [2.24, 2.45) is 0 Å². The van der Waals surface area contributed by atoms with Crippen molar-refractivity contribution in [2.45, 2.75) is 61.4 Å². The lowest BCUT2D eigenvalue weighted by Crippen LogP contribution is -2.65. The highest BCUT2D eigenvalue weighted by Gasteiger charge is 2.51. The van der Waals surface area contributed by atoms with Crippen molar-refractivity contribution in [2.75, 3.05) is 13.2 Å². The van der Waals surface area contributed by atoms with E-state index in [4.69, 9.17) is 23.4 Å². The fourth-order valence-corrected chi connectivity index (χ4v) is 4.45. The lowest BCUT2D eigenvalue weighted by atomic mass is 9.97. The lowest BCUT2D eigenvalue weighted by molar-refractivity contribution is -0.352. The number of aromatic nitrogens is 1. The molecule has 0 spiro atoms. The molecule has 0 bridgehead atoms. The fraction of sp³-hybridized carbons (Fsp3) is 0.500. The molecule has 206 valence electrons. The quantitative estimate of drug-likeness (QED) is 0.159. The zero-order chi connectivity index (χ0) is 27.1. The van der Waals surface area contributed by atoms with Crippen molar-refractivity contribution in [3.8, 4) is 17.2 Å². The van der Waals surface area contributed by atoms with Gasteiger partial charge in [-0.15, -0.1) is 0 Å². The van der Waals surface area contributed by atoms with Gasteiger partial charge in [-0.25, -0.2) is 4.98 Å². The zero-order valence-electron chi connectivity index (χ0n) is 19.7. The van der Waals surface area contributed by atoms with Crippen molar-refractivity contribution >= 4 is 11.1 Å². The van der Waals surface area contributed by atoms with E-state index in [0.29, 0.717) is 11.2 Å². The molecule has 38 heavy (non-hydrogen) atoms. The Morgan fingerprint density at radius 1 is 0.789 bits per heavy atom. The molecule has 1 aromatic carbocycles. The van der Waals surface area contributed by atoms with E-state index in [9.17, 15) is 40.5 Å². The molecule has 1 aliphatic carbocycles. The molecule has 0 saturated carbocycles. The van der Waals surface area contributed by atoms with Gasteiger partial charge in [0.2, 0.25) is 6.29 Å². The van der Waals surface area contributed by atoms with E-state index in [1.807, 2.05) is 0 Å². The van der Waals surface area contributed by atoms with Gasteiger partial charge in [-0.1, -0.05) is 0 Å². The largest absolute Gasteiger partial charge is 0.462 e. The Balaban J connectivity index is 1.33. The topological polar surface area (TPSA) is 222 Å². The average Bonchev–Trinajstić information content (AvgIpc) is 2.91. The maximum absolute atomic E-state index is 11.6. The Bertz CT molecular complexity index is 1280. The van der Waals surface area contributed by atoms with Crippen LogP contribution in [0.2, 0.25) is 0 Å². The van der Waals surface area contributed by atoms with E-state index < -0.39 is 74.6 Å². The Morgan fingerprint density at radius 2 is 1.50 bits per heavy atom. The minimum Gasteiger partial charge on any atom is -0.462 e. The average molecular weight is 537 g/mol. The molecule has 7 N–H and O–H groups in total. The monoisotopic (exact) mass is 537 g/mol. The summed E-state index contributed by atoms with van der Waals surface area (Å²) in [5.41, 5.74) is 0.970. The smallest absolute Gasteiger partial charge is 0.229 e. The van der Waals surface area contributed by atoms with Crippen LogP contribution in [0.15, 0.2) is 45.6 Å². The number of benzene rings is 2. The number of hydrogen-bond donors (Lipinski definition) is 7. The lowest BCUT2D eigenvalue weighted by Gasteiger charge is -2.45. The maximum atomic E-state index is 11.6. The Kier molecular flexibility index (Phi) is 7.61. The third-order valence-corrected chi connectivity index (χ3v) is 6.54. The second-order valence-electron chi connectivity index (χ2n) is 9.10. The van der Waals surface area contributed by atoms with Crippen LogP contribution in [0.3, 0.4) is 0 Å². The second kappa shape index (κ2) is 10.8. The van der Waals surface area contributed by atoms with Gasteiger partial charge >= 0.3 is 0 Å². The molecule has 14 heteroatoms. The second-order valence-corrected chi connectivity index (χ2v) is 9.10. The van der Waals surface area contributed by atoms with Crippen molar-refractivity contribution in [1.82, 2.24) is 4.98 Å². The Hall–Kier alpha value is -2.76. The van der Waals surface area contributed by atoms with Gasteiger partial charge in [-0.2, -0.15) is 0 Å². The molecular formula is C24H27NO13. The normalized spacial score (nSPS) is 36.0. The van der Waals surface area contributed by atoms with Crippen LogP contribution in [-0.2, 0) is 14.2 Å². The van der Waals surface area contributed by atoms with E-state index in [1.54, 1.807) is 6.07 Å². The van der Waals surface area contributed by atoms with Crippen molar-refractivity contribution in [1.29, 1.82) is 0 Å². The van der Waals surface area contributed by atoms with Gasteiger partial charge in [0.1, 0.15) is 65.8 Å². The van der Waals surface area contributed by atoms with Crippen LogP contribution in [0, 0.1) is 0 Å². The van der Waals surface area contributed by atoms with E-state index in [-0.39, 0.29) is 22.5 Å². The molecule has 3 heterocycles. The Morgan fingerprint density at radius 3 is 2.24 bits per heavy atom. The molecule has 0 radical (unpaired) electrons. The molecule has 14 nitrogen and oxygen atoms in total. The zero-order valence-corrected chi connectivity index (χ0v) is 19.7. The molecule has 1 aromatic rings. The minimum absolute atomic E-state index is 0.155. The first-order valence-corrected chi connectivity index (χ1v) is 11.8. The molecule has 2 fully saturated rings. The van der Waals surface area contributed by atoms with Crippen LogP contribution < -0.4 is 10.2 Å². The minimum atomic E-state index is -1.77. The highest BCUT2D eigenvalue weighted by molar-refractivity contribution is 5.77. The fourth-order valence-electron chi connectivity index (χ4n) is 4.45. The molecule has 3 aliphatic heterocycles. The van der Waals surface area contributed by atoms with Gasteiger partial charge < -0.3 is 59.1 Å². The van der Waals surface area contributed by atoms with Gasteiger partial charge in [0.25, 0.3) is 0 Å². The number of hydrogen-bond acceptors (Lipinski definition) is 14.